The van der Waals surface area contributed by atoms with Gasteiger partial charge in [-0.1, -0.05) is 41.9 Å². The van der Waals surface area contributed by atoms with Crippen LogP contribution in [0.1, 0.15) is 23.0 Å². The molecule has 1 amide bonds. The van der Waals surface area contributed by atoms with Gasteiger partial charge in [-0.2, -0.15) is 0 Å². The van der Waals surface area contributed by atoms with Crippen LogP contribution in [0.15, 0.2) is 72.9 Å². The van der Waals surface area contributed by atoms with Crippen LogP contribution in [0.2, 0.25) is 5.02 Å². The Morgan fingerprint density at radius 2 is 1.89 bits per heavy atom. The minimum absolute atomic E-state index is 0.103. The fourth-order valence-corrected chi connectivity index (χ4v) is 3.07. The van der Waals surface area contributed by atoms with Gasteiger partial charge in [-0.15, -0.1) is 0 Å². The molecular weight excluding hydrogens is 358 g/mol. The van der Waals surface area contributed by atoms with Gasteiger partial charge in [-0.05, 0) is 55.3 Å². The third kappa shape index (κ3) is 5.08. The Hall–Kier alpha value is -2.85. The second-order valence-corrected chi connectivity index (χ2v) is 6.56. The third-order valence-corrected chi connectivity index (χ3v) is 4.48. The predicted octanol–water partition coefficient (Wildman–Crippen LogP) is 5.06. The molecule has 0 spiro atoms. The maximum Gasteiger partial charge on any atom is 0.276 e. The lowest BCUT2D eigenvalue weighted by molar-refractivity contribution is 0.0983. The lowest BCUT2D eigenvalue weighted by Gasteiger charge is -2.20. The number of carbonyl (C=O) groups excluding carboxylic acids is 1. The molecule has 1 N–H and O–H groups in total. The number of carbonyl (C=O) groups is 1. The summed E-state index contributed by atoms with van der Waals surface area (Å²) in [5.41, 5.74) is 3.36. The van der Waals surface area contributed by atoms with Crippen LogP contribution >= 0.6 is 11.6 Å². The van der Waals surface area contributed by atoms with Crippen molar-refractivity contribution in [2.24, 2.45) is 0 Å². The number of rotatable bonds is 7. The molecule has 0 fully saturated rings. The molecule has 0 aliphatic heterocycles. The predicted molar refractivity (Wildman–Crippen MR) is 112 cm³/mol. The Balaban J connectivity index is 1.60. The number of hydrogen-bond donors (Lipinski definition) is 1. The SMILES string of the molecule is CCN(C(=O)c1ccc(NCCc2cccc(Cl)c2)cn1)c1ccccc1. The average molecular weight is 380 g/mol. The first-order chi connectivity index (χ1) is 13.2. The fraction of sp³-hybridized carbons (Fsp3) is 0.182. The van der Waals surface area contributed by atoms with Crippen molar-refractivity contribution in [3.05, 3.63) is 89.2 Å². The van der Waals surface area contributed by atoms with Crippen LogP contribution in [-0.4, -0.2) is 24.0 Å². The maximum absolute atomic E-state index is 12.7. The molecule has 0 bridgehead atoms. The van der Waals surface area contributed by atoms with Crippen LogP contribution in [0.5, 0.6) is 0 Å². The van der Waals surface area contributed by atoms with E-state index in [0.717, 1.165) is 29.4 Å². The van der Waals surface area contributed by atoms with Crippen molar-refractivity contribution in [3.63, 3.8) is 0 Å². The van der Waals surface area contributed by atoms with E-state index in [2.05, 4.69) is 16.4 Å². The van der Waals surface area contributed by atoms with E-state index in [9.17, 15) is 4.79 Å². The number of nitrogens with zero attached hydrogens (tertiary/aromatic N) is 2. The van der Waals surface area contributed by atoms with Gasteiger partial charge in [-0.3, -0.25) is 4.79 Å². The molecule has 0 unspecified atom stereocenters. The number of anilines is 2. The summed E-state index contributed by atoms with van der Waals surface area (Å²) >= 11 is 6.00. The Kier molecular flexibility index (Phi) is 6.44. The van der Waals surface area contributed by atoms with E-state index < -0.39 is 0 Å². The number of pyridine rings is 1. The molecule has 4 nitrogen and oxygen atoms in total. The molecule has 0 aliphatic carbocycles. The largest absolute Gasteiger partial charge is 0.383 e. The van der Waals surface area contributed by atoms with Crippen LogP contribution in [0.4, 0.5) is 11.4 Å². The van der Waals surface area contributed by atoms with Gasteiger partial charge < -0.3 is 10.2 Å². The van der Waals surface area contributed by atoms with E-state index in [4.69, 9.17) is 11.6 Å². The van der Waals surface area contributed by atoms with Gasteiger partial charge in [0, 0.05) is 23.8 Å². The zero-order valence-electron chi connectivity index (χ0n) is 15.2. The highest BCUT2D eigenvalue weighted by Gasteiger charge is 2.16. The number of nitrogens with one attached hydrogen (secondary N) is 1. The molecule has 1 aromatic heterocycles. The standard InChI is InChI=1S/C22H22ClN3O/c1-2-26(20-9-4-3-5-10-20)22(27)21-12-11-19(16-25-21)24-14-13-17-7-6-8-18(23)15-17/h3-12,15-16,24H,2,13-14H2,1H3. The lowest BCUT2D eigenvalue weighted by atomic mass is 10.1. The number of para-hydroxylation sites is 1. The molecule has 0 atom stereocenters. The zero-order valence-corrected chi connectivity index (χ0v) is 16.0. The van der Waals surface area contributed by atoms with Gasteiger partial charge in [0.25, 0.3) is 5.91 Å². The molecule has 0 saturated carbocycles. The minimum atomic E-state index is -0.103. The molecule has 138 valence electrons. The number of benzene rings is 2. The first-order valence-electron chi connectivity index (χ1n) is 8.98. The zero-order chi connectivity index (χ0) is 19.1. The summed E-state index contributed by atoms with van der Waals surface area (Å²) in [7, 11) is 0. The summed E-state index contributed by atoms with van der Waals surface area (Å²) in [4.78, 5) is 18.8. The second-order valence-electron chi connectivity index (χ2n) is 6.12. The Morgan fingerprint density at radius 3 is 2.56 bits per heavy atom. The van der Waals surface area contributed by atoms with Gasteiger partial charge in [0.2, 0.25) is 0 Å². The number of hydrogen-bond acceptors (Lipinski definition) is 3. The summed E-state index contributed by atoms with van der Waals surface area (Å²) < 4.78 is 0. The van der Waals surface area contributed by atoms with Crippen LogP contribution in [0.3, 0.4) is 0 Å². The van der Waals surface area contributed by atoms with E-state index in [-0.39, 0.29) is 5.91 Å². The van der Waals surface area contributed by atoms with Crippen LogP contribution in [0.25, 0.3) is 0 Å². The van der Waals surface area contributed by atoms with Crippen molar-refractivity contribution in [2.45, 2.75) is 13.3 Å². The van der Waals surface area contributed by atoms with Crippen LogP contribution in [-0.2, 0) is 6.42 Å². The summed E-state index contributed by atoms with van der Waals surface area (Å²) in [6, 6.07) is 21.1. The Morgan fingerprint density at radius 1 is 1.07 bits per heavy atom. The summed E-state index contributed by atoms with van der Waals surface area (Å²) in [6.07, 6.45) is 2.56. The van der Waals surface area contributed by atoms with E-state index in [1.54, 1.807) is 17.2 Å². The first-order valence-corrected chi connectivity index (χ1v) is 9.36. The van der Waals surface area contributed by atoms with Gasteiger partial charge in [0.1, 0.15) is 5.69 Å². The van der Waals surface area contributed by atoms with Crippen molar-refractivity contribution in [2.75, 3.05) is 23.3 Å². The second kappa shape index (κ2) is 9.19. The van der Waals surface area contributed by atoms with Gasteiger partial charge in [0.05, 0.1) is 11.9 Å². The van der Waals surface area contributed by atoms with E-state index in [1.807, 2.05) is 61.5 Å². The third-order valence-electron chi connectivity index (χ3n) is 4.24. The van der Waals surface area contributed by atoms with Crippen molar-refractivity contribution >= 4 is 28.9 Å². The molecule has 0 aliphatic rings. The monoisotopic (exact) mass is 379 g/mol. The van der Waals surface area contributed by atoms with Crippen LogP contribution in [0, 0.1) is 0 Å². The molecule has 27 heavy (non-hydrogen) atoms. The molecule has 1 heterocycles. The topological polar surface area (TPSA) is 45.2 Å². The van der Waals surface area contributed by atoms with Crippen LogP contribution < -0.4 is 10.2 Å². The smallest absolute Gasteiger partial charge is 0.276 e. The normalized spacial score (nSPS) is 10.4. The molecule has 3 aromatic rings. The van der Waals surface area contributed by atoms with E-state index in [1.165, 1.54) is 5.56 Å². The lowest BCUT2D eigenvalue weighted by Crippen LogP contribution is -2.31. The fourth-order valence-electron chi connectivity index (χ4n) is 2.86. The molecular formula is C22H22ClN3O. The highest BCUT2D eigenvalue weighted by molar-refractivity contribution is 6.30. The maximum atomic E-state index is 12.7. The quantitative estimate of drug-likeness (QED) is 0.624. The first kappa shape index (κ1) is 18.9. The van der Waals surface area contributed by atoms with Gasteiger partial charge in [-0.25, -0.2) is 4.98 Å². The molecule has 0 saturated heterocycles. The molecule has 3 rings (SSSR count). The number of amides is 1. The van der Waals surface area contributed by atoms with Crippen molar-refractivity contribution in [1.29, 1.82) is 0 Å². The number of halogens is 1. The Bertz CT molecular complexity index is 882. The molecule has 2 aromatic carbocycles. The summed E-state index contributed by atoms with van der Waals surface area (Å²) in [6.45, 7) is 3.31. The van der Waals surface area contributed by atoms with Gasteiger partial charge >= 0.3 is 0 Å². The highest BCUT2D eigenvalue weighted by atomic mass is 35.5. The van der Waals surface area contributed by atoms with Crippen molar-refractivity contribution in [3.8, 4) is 0 Å². The summed E-state index contributed by atoms with van der Waals surface area (Å²) in [5.74, 6) is -0.103. The van der Waals surface area contributed by atoms with Gasteiger partial charge in [0.15, 0.2) is 0 Å². The molecule has 5 heteroatoms. The summed E-state index contributed by atoms with van der Waals surface area (Å²) in [5, 5.41) is 4.07. The minimum Gasteiger partial charge on any atom is -0.383 e. The highest BCUT2D eigenvalue weighted by Crippen LogP contribution is 2.17. The van der Waals surface area contributed by atoms with E-state index >= 15 is 0 Å². The Labute approximate surface area is 164 Å². The molecule has 0 radical (unpaired) electrons. The number of aromatic nitrogens is 1. The average Bonchev–Trinajstić information content (AvgIpc) is 2.70. The van der Waals surface area contributed by atoms with E-state index in [0.29, 0.717) is 12.2 Å². The van der Waals surface area contributed by atoms with Crippen molar-refractivity contribution in [1.82, 2.24) is 4.98 Å². The van der Waals surface area contributed by atoms with Crippen molar-refractivity contribution < 1.29 is 4.79 Å².